The zero-order valence-corrected chi connectivity index (χ0v) is 9.32. The maximum Gasteiger partial charge on any atom is 0.225 e. The molecule has 1 heterocycles. The SMILES string of the molecule is CC(C)C(=O)NC1CC(=O)N(C2CC2)C1. The molecule has 2 rings (SSSR count). The lowest BCUT2D eigenvalue weighted by Gasteiger charge is -2.16. The topological polar surface area (TPSA) is 49.4 Å². The van der Waals surface area contributed by atoms with Gasteiger partial charge in [-0.15, -0.1) is 0 Å². The molecule has 0 bridgehead atoms. The molecule has 1 saturated carbocycles. The average molecular weight is 210 g/mol. The second-order valence-corrected chi connectivity index (χ2v) is 4.84. The highest BCUT2D eigenvalue weighted by molar-refractivity contribution is 5.83. The van der Waals surface area contributed by atoms with Gasteiger partial charge in [-0.25, -0.2) is 0 Å². The summed E-state index contributed by atoms with van der Waals surface area (Å²) in [7, 11) is 0. The Balaban J connectivity index is 1.85. The van der Waals surface area contributed by atoms with E-state index in [9.17, 15) is 9.59 Å². The molecule has 2 amide bonds. The number of carbonyl (C=O) groups excluding carboxylic acids is 2. The zero-order chi connectivity index (χ0) is 11.0. The van der Waals surface area contributed by atoms with Crippen LogP contribution in [-0.4, -0.2) is 35.3 Å². The van der Waals surface area contributed by atoms with E-state index in [2.05, 4.69) is 5.32 Å². The quantitative estimate of drug-likeness (QED) is 0.738. The number of hydrogen-bond acceptors (Lipinski definition) is 2. The minimum Gasteiger partial charge on any atom is -0.351 e. The minimum absolute atomic E-state index is 0.00456. The molecule has 0 aromatic heterocycles. The largest absolute Gasteiger partial charge is 0.351 e. The fraction of sp³-hybridized carbons (Fsp3) is 0.818. The third-order valence-corrected chi connectivity index (χ3v) is 3.02. The lowest BCUT2D eigenvalue weighted by Crippen LogP contribution is -2.39. The van der Waals surface area contributed by atoms with Crippen molar-refractivity contribution < 1.29 is 9.59 Å². The first kappa shape index (κ1) is 10.5. The van der Waals surface area contributed by atoms with Crippen LogP contribution < -0.4 is 5.32 Å². The molecule has 0 radical (unpaired) electrons. The van der Waals surface area contributed by atoms with Gasteiger partial charge < -0.3 is 10.2 Å². The first-order valence-corrected chi connectivity index (χ1v) is 5.67. The third kappa shape index (κ3) is 2.30. The first-order valence-electron chi connectivity index (χ1n) is 5.67. The van der Waals surface area contributed by atoms with Crippen molar-refractivity contribution in [3.8, 4) is 0 Å². The van der Waals surface area contributed by atoms with E-state index < -0.39 is 0 Å². The van der Waals surface area contributed by atoms with E-state index in [-0.39, 0.29) is 23.8 Å². The van der Waals surface area contributed by atoms with Gasteiger partial charge in [-0.3, -0.25) is 9.59 Å². The van der Waals surface area contributed by atoms with Gasteiger partial charge in [0, 0.05) is 24.9 Å². The van der Waals surface area contributed by atoms with Crippen molar-refractivity contribution in [3.63, 3.8) is 0 Å². The molecule has 1 atom stereocenters. The Morgan fingerprint density at radius 1 is 1.47 bits per heavy atom. The van der Waals surface area contributed by atoms with E-state index in [4.69, 9.17) is 0 Å². The summed E-state index contributed by atoms with van der Waals surface area (Å²) < 4.78 is 0. The van der Waals surface area contributed by atoms with Crippen LogP contribution in [0.5, 0.6) is 0 Å². The molecule has 4 nitrogen and oxygen atoms in total. The van der Waals surface area contributed by atoms with E-state index in [0.29, 0.717) is 19.0 Å². The molecular formula is C11H18N2O2. The van der Waals surface area contributed by atoms with Gasteiger partial charge in [-0.05, 0) is 12.8 Å². The van der Waals surface area contributed by atoms with Crippen LogP contribution in [0.3, 0.4) is 0 Å². The predicted molar refractivity (Wildman–Crippen MR) is 56.1 cm³/mol. The Kier molecular flexibility index (Phi) is 2.67. The Morgan fingerprint density at radius 2 is 2.13 bits per heavy atom. The standard InChI is InChI=1S/C11H18N2O2/c1-7(2)11(15)12-8-5-10(14)13(6-8)9-3-4-9/h7-9H,3-6H2,1-2H3,(H,12,15). The molecule has 0 aromatic carbocycles. The van der Waals surface area contributed by atoms with Crippen LogP contribution in [0, 0.1) is 5.92 Å². The lowest BCUT2D eigenvalue weighted by atomic mass is 10.2. The summed E-state index contributed by atoms with van der Waals surface area (Å²) >= 11 is 0. The van der Waals surface area contributed by atoms with Crippen molar-refractivity contribution in [2.24, 2.45) is 5.92 Å². The molecule has 15 heavy (non-hydrogen) atoms. The summed E-state index contributed by atoms with van der Waals surface area (Å²) in [6, 6.07) is 0.506. The fourth-order valence-electron chi connectivity index (χ4n) is 1.94. The van der Waals surface area contributed by atoms with Crippen LogP contribution in [0.25, 0.3) is 0 Å². The molecule has 2 aliphatic rings. The number of amides is 2. The van der Waals surface area contributed by atoms with Gasteiger partial charge in [0.1, 0.15) is 0 Å². The Bertz CT molecular complexity index is 284. The molecule has 1 unspecified atom stereocenters. The number of nitrogens with zero attached hydrogens (tertiary/aromatic N) is 1. The second-order valence-electron chi connectivity index (χ2n) is 4.84. The summed E-state index contributed by atoms with van der Waals surface area (Å²) in [5, 5.41) is 2.92. The highest BCUT2D eigenvalue weighted by Gasteiger charge is 2.39. The first-order chi connectivity index (χ1) is 7.08. The smallest absolute Gasteiger partial charge is 0.225 e. The molecule has 1 aliphatic heterocycles. The van der Waals surface area contributed by atoms with Crippen LogP contribution in [0.2, 0.25) is 0 Å². The van der Waals surface area contributed by atoms with Crippen molar-refractivity contribution in [2.45, 2.75) is 45.2 Å². The maximum atomic E-state index is 11.6. The third-order valence-electron chi connectivity index (χ3n) is 3.02. The number of likely N-dealkylation sites (tertiary alicyclic amines) is 1. The lowest BCUT2D eigenvalue weighted by molar-refractivity contribution is -0.128. The van der Waals surface area contributed by atoms with Gasteiger partial charge in [0.25, 0.3) is 0 Å². The zero-order valence-electron chi connectivity index (χ0n) is 9.32. The van der Waals surface area contributed by atoms with Gasteiger partial charge in [-0.1, -0.05) is 13.8 Å². The number of rotatable bonds is 3. The Labute approximate surface area is 90.0 Å². The van der Waals surface area contributed by atoms with E-state index in [1.54, 1.807) is 0 Å². The molecule has 2 fully saturated rings. The van der Waals surface area contributed by atoms with E-state index in [0.717, 1.165) is 12.8 Å². The van der Waals surface area contributed by atoms with Gasteiger partial charge in [0.15, 0.2) is 0 Å². The van der Waals surface area contributed by atoms with Crippen LogP contribution in [0.1, 0.15) is 33.1 Å². The molecule has 1 N–H and O–H groups in total. The summed E-state index contributed by atoms with van der Waals surface area (Å²) in [5.41, 5.74) is 0. The summed E-state index contributed by atoms with van der Waals surface area (Å²) in [6.45, 7) is 4.44. The number of hydrogen-bond donors (Lipinski definition) is 1. The van der Waals surface area contributed by atoms with E-state index in [1.807, 2.05) is 18.7 Å². The highest BCUT2D eigenvalue weighted by atomic mass is 16.2. The van der Waals surface area contributed by atoms with Crippen molar-refractivity contribution in [1.29, 1.82) is 0 Å². The summed E-state index contributed by atoms with van der Waals surface area (Å²) in [5.74, 6) is 0.243. The van der Waals surface area contributed by atoms with E-state index in [1.165, 1.54) is 0 Å². The summed E-state index contributed by atoms with van der Waals surface area (Å²) in [6.07, 6.45) is 2.75. The van der Waals surface area contributed by atoms with Gasteiger partial charge >= 0.3 is 0 Å². The van der Waals surface area contributed by atoms with Crippen LogP contribution in [0.15, 0.2) is 0 Å². The summed E-state index contributed by atoms with van der Waals surface area (Å²) in [4.78, 5) is 25.0. The monoisotopic (exact) mass is 210 g/mol. The number of nitrogens with one attached hydrogen (secondary N) is 1. The Morgan fingerprint density at radius 3 is 2.67 bits per heavy atom. The van der Waals surface area contributed by atoms with Gasteiger partial charge in [0.05, 0.1) is 6.04 Å². The van der Waals surface area contributed by atoms with Crippen LogP contribution >= 0.6 is 0 Å². The average Bonchev–Trinajstić information content (AvgIpc) is 2.92. The normalized spacial score (nSPS) is 26.2. The van der Waals surface area contributed by atoms with E-state index >= 15 is 0 Å². The predicted octanol–water partition coefficient (Wildman–Crippen LogP) is 0.522. The molecule has 0 spiro atoms. The molecule has 4 heteroatoms. The minimum atomic E-state index is -0.00456. The molecule has 84 valence electrons. The fourth-order valence-corrected chi connectivity index (χ4v) is 1.94. The molecular weight excluding hydrogens is 192 g/mol. The molecule has 1 aliphatic carbocycles. The van der Waals surface area contributed by atoms with Gasteiger partial charge in [-0.2, -0.15) is 0 Å². The Hall–Kier alpha value is -1.06. The number of carbonyl (C=O) groups is 2. The van der Waals surface area contributed by atoms with Crippen LogP contribution in [-0.2, 0) is 9.59 Å². The second kappa shape index (κ2) is 3.83. The highest BCUT2D eigenvalue weighted by Crippen LogP contribution is 2.30. The molecule has 1 saturated heterocycles. The van der Waals surface area contributed by atoms with Gasteiger partial charge in [0.2, 0.25) is 11.8 Å². The van der Waals surface area contributed by atoms with Crippen molar-refractivity contribution in [3.05, 3.63) is 0 Å². The van der Waals surface area contributed by atoms with Crippen molar-refractivity contribution >= 4 is 11.8 Å². The van der Waals surface area contributed by atoms with Crippen molar-refractivity contribution in [1.82, 2.24) is 10.2 Å². The maximum absolute atomic E-state index is 11.6. The van der Waals surface area contributed by atoms with Crippen LogP contribution in [0.4, 0.5) is 0 Å². The van der Waals surface area contributed by atoms with Crippen molar-refractivity contribution in [2.75, 3.05) is 6.54 Å². The molecule has 0 aromatic rings.